The molecule has 43 heavy (non-hydrogen) atoms. The number of rotatable bonds is 28. The monoisotopic (exact) mass is 587 g/mol. The maximum atomic E-state index is 2.44. The van der Waals surface area contributed by atoms with Crippen molar-refractivity contribution in [2.75, 3.05) is 13.1 Å². The van der Waals surface area contributed by atoms with E-state index < -0.39 is 0 Å². The third-order valence-corrected chi connectivity index (χ3v) is 9.01. The van der Waals surface area contributed by atoms with E-state index in [1.807, 2.05) is 0 Å². The van der Waals surface area contributed by atoms with Crippen LogP contribution in [-0.2, 0) is 13.1 Å². The van der Waals surface area contributed by atoms with E-state index in [1.54, 1.807) is 0 Å². The summed E-state index contributed by atoms with van der Waals surface area (Å²) in [6.07, 6.45) is 36.6. The average molecular weight is 587 g/mol. The van der Waals surface area contributed by atoms with Crippen molar-refractivity contribution in [1.82, 2.24) is 0 Å². The third-order valence-electron chi connectivity index (χ3n) is 9.01. The van der Waals surface area contributed by atoms with Crippen molar-refractivity contribution in [2.45, 2.75) is 155 Å². The van der Waals surface area contributed by atoms with Gasteiger partial charge in [-0.25, -0.2) is 0 Å². The molecule has 240 valence electrons. The molecule has 2 aromatic carbocycles. The van der Waals surface area contributed by atoms with E-state index in [2.05, 4.69) is 98.8 Å². The Morgan fingerprint density at radius 2 is 0.721 bits per heavy atom. The van der Waals surface area contributed by atoms with Crippen LogP contribution < -0.4 is 0 Å². The van der Waals surface area contributed by atoms with E-state index in [1.165, 1.54) is 157 Å². The molecule has 1 heteroatoms. The molecular weight excluding hydrogens is 518 g/mol. The zero-order chi connectivity index (χ0) is 30.5. The zero-order valence-corrected chi connectivity index (χ0v) is 28.5. The van der Waals surface area contributed by atoms with Gasteiger partial charge in [0.25, 0.3) is 0 Å². The topological polar surface area (TPSA) is 0 Å². The summed E-state index contributed by atoms with van der Waals surface area (Å²) in [6, 6.07) is 22.6. The Bertz CT molecular complexity index is 835. The molecule has 0 unspecified atom stereocenters. The lowest BCUT2D eigenvalue weighted by Crippen LogP contribution is -2.48. The van der Waals surface area contributed by atoms with Gasteiger partial charge in [-0.2, -0.15) is 0 Å². The van der Waals surface area contributed by atoms with Gasteiger partial charge in [-0.1, -0.05) is 150 Å². The molecule has 0 saturated carbocycles. The van der Waals surface area contributed by atoms with Crippen LogP contribution in [0.2, 0.25) is 0 Å². The van der Waals surface area contributed by atoms with Crippen LogP contribution in [0.4, 0.5) is 0 Å². The Hall–Kier alpha value is -2.12. The van der Waals surface area contributed by atoms with Gasteiger partial charge in [0.15, 0.2) is 0 Å². The maximum absolute atomic E-state index is 2.44. The Morgan fingerprint density at radius 3 is 1.07 bits per heavy atom. The lowest BCUT2D eigenvalue weighted by molar-refractivity contribution is -0.954. The third kappa shape index (κ3) is 19.7. The molecule has 0 aliphatic rings. The highest BCUT2D eigenvalue weighted by atomic mass is 15.3. The molecule has 0 aromatic heterocycles. The molecule has 0 fully saturated rings. The van der Waals surface area contributed by atoms with E-state index in [0.717, 1.165) is 13.1 Å². The SMILES string of the molecule is CCCCCC/C=C/CCCCCC[N+](CCCCCC/C=C/CCCCCC)(Cc1ccccc1)Cc1ccccc1. The molecule has 0 aliphatic heterocycles. The molecule has 0 spiro atoms. The van der Waals surface area contributed by atoms with Crippen molar-refractivity contribution in [3.8, 4) is 0 Å². The van der Waals surface area contributed by atoms with Crippen molar-refractivity contribution in [1.29, 1.82) is 0 Å². The number of benzene rings is 2. The Labute approximate surface area is 268 Å². The second-order valence-electron chi connectivity index (χ2n) is 13.1. The van der Waals surface area contributed by atoms with Gasteiger partial charge in [-0.3, -0.25) is 0 Å². The number of hydrogen-bond donors (Lipinski definition) is 0. The van der Waals surface area contributed by atoms with Gasteiger partial charge in [0.1, 0.15) is 13.1 Å². The normalized spacial score (nSPS) is 12.1. The summed E-state index contributed by atoms with van der Waals surface area (Å²) in [5.41, 5.74) is 2.98. The maximum Gasteiger partial charge on any atom is 0.105 e. The lowest BCUT2D eigenvalue weighted by atomic mass is 10.0. The summed E-state index contributed by atoms with van der Waals surface area (Å²) < 4.78 is 1.20. The van der Waals surface area contributed by atoms with Gasteiger partial charge < -0.3 is 4.48 Å². The van der Waals surface area contributed by atoms with Crippen LogP contribution in [0.5, 0.6) is 0 Å². The second-order valence-corrected chi connectivity index (χ2v) is 13.1. The van der Waals surface area contributed by atoms with E-state index in [9.17, 15) is 0 Å². The first-order chi connectivity index (χ1) is 21.3. The van der Waals surface area contributed by atoms with Crippen LogP contribution in [0, 0.1) is 0 Å². The van der Waals surface area contributed by atoms with E-state index in [-0.39, 0.29) is 0 Å². The van der Waals surface area contributed by atoms with Gasteiger partial charge in [-0.05, 0) is 77.0 Å². The van der Waals surface area contributed by atoms with Gasteiger partial charge in [0, 0.05) is 11.1 Å². The zero-order valence-electron chi connectivity index (χ0n) is 28.5. The van der Waals surface area contributed by atoms with Crippen molar-refractivity contribution in [3.63, 3.8) is 0 Å². The molecule has 2 rings (SSSR count). The summed E-state index contributed by atoms with van der Waals surface area (Å²) in [5.74, 6) is 0. The number of hydrogen-bond acceptors (Lipinski definition) is 0. The number of nitrogens with zero attached hydrogens (tertiary/aromatic N) is 1. The number of quaternary nitrogens is 1. The van der Waals surface area contributed by atoms with Gasteiger partial charge >= 0.3 is 0 Å². The Morgan fingerprint density at radius 1 is 0.395 bits per heavy atom. The predicted octanol–water partition coefficient (Wildman–Crippen LogP) is 13.2. The summed E-state index contributed by atoms with van der Waals surface area (Å²) in [4.78, 5) is 0. The van der Waals surface area contributed by atoms with E-state index >= 15 is 0 Å². The minimum atomic E-state index is 1.15. The lowest BCUT2D eigenvalue weighted by Gasteiger charge is -2.39. The molecule has 0 N–H and O–H groups in total. The highest BCUT2D eigenvalue weighted by Crippen LogP contribution is 2.24. The standard InChI is InChI=1S/C42H68N/c1-3-5-7-9-11-13-15-17-19-21-23-31-37-43(39-41-33-27-25-28-34-41,40-42-35-29-26-30-36-42)38-32-24-22-20-18-16-14-12-10-8-6-4-2/h13-16,25-30,33-36H,3-12,17-24,31-32,37-40H2,1-2H3/q+1/b15-13+,16-14+. The molecule has 1 nitrogen and oxygen atoms in total. The summed E-state index contributed by atoms with van der Waals surface area (Å²) in [5, 5.41) is 0. The molecule has 0 aliphatic carbocycles. The molecular formula is C42H68N+. The van der Waals surface area contributed by atoms with Crippen LogP contribution in [0.1, 0.15) is 153 Å². The van der Waals surface area contributed by atoms with Crippen LogP contribution in [0.25, 0.3) is 0 Å². The predicted molar refractivity (Wildman–Crippen MR) is 192 cm³/mol. The first-order valence-electron chi connectivity index (χ1n) is 18.5. The van der Waals surface area contributed by atoms with Crippen LogP contribution in [0.15, 0.2) is 85.0 Å². The largest absolute Gasteiger partial charge is 0.316 e. The summed E-state index contributed by atoms with van der Waals surface area (Å²) >= 11 is 0. The van der Waals surface area contributed by atoms with E-state index in [4.69, 9.17) is 0 Å². The fraction of sp³-hybridized carbons (Fsp3) is 0.619. The number of unbranched alkanes of at least 4 members (excludes halogenated alkanes) is 16. The van der Waals surface area contributed by atoms with Crippen molar-refractivity contribution in [3.05, 3.63) is 96.1 Å². The fourth-order valence-electron chi connectivity index (χ4n) is 6.40. The quantitative estimate of drug-likeness (QED) is 0.0528. The van der Waals surface area contributed by atoms with E-state index in [0.29, 0.717) is 0 Å². The van der Waals surface area contributed by atoms with Crippen LogP contribution in [0.3, 0.4) is 0 Å². The van der Waals surface area contributed by atoms with Gasteiger partial charge in [0.05, 0.1) is 13.1 Å². The highest BCUT2D eigenvalue weighted by Gasteiger charge is 2.27. The molecule has 0 saturated heterocycles. The number of allylic oxidation sites excluding steroid dienone is 4. The molecule has 0 amide bonds. The minimum Gasteiger partial charge on any atom is -0.316 e. The first-order valence-corrected chi connectivity index (χ1v) is 18.5. The minimum absolute atomic E-state index is 1.15. The Kier molecular flexibility index (Phi) is 22.7. The second kappa shape index (κ2) is 26.3. The molecule has 0 radical (unpaired) electrons. The smallest absolute Gasteiger partial charge is 0.105 e. The van der Waals surface area contributed by atoms with Gasteiger partial charge in [0.2, 0.25) is 0 Å². The van der Waals surface area contributed by atoms with Crippen LogP contribution >= 0.6 is 0 Å². The Balaban J connectivity index is 1.85. The average Bonchev–Trinajstić information content (AvgIpc) is 3.03. The molecule has 0 heterocycles. The van der Waals surface area contributed by atoms with Crippen LogP contribution in [-0.4, -0.2) is 17.6 Å². The molecule has 0 atom stereocenters. The van der Waals surface area contributed by atoms with Crippen molar-refractivity contribution in [2.24, 2.45) is 0 Å². The molecule has 0 bridgehead atoms. The summed E-state index contributed by atoms with van der Waals surface area (Å²) in [6.45, 7) is 9.46. The highest BCUT2D eigenvalue weighted by molar-refractivity contribution is 5.15. The summed E-state index contributed by atoms with van der Waals surface area (Å²) in [7, 11) is 0. The van der Waals surface area contributed by atoms with Crippen molar-refractivity contribution < 1.29 is 4.48 Å². The molecule has 2 aromatic rings. The first kappa shape index (κ1) is 37.1. The van der Waals surface area contributed by atoms with Gasteiger partial charge in [-0.15, -0.1) is 0 Å². The fourth-order valence-corrected chi connectivity index (χ4v) is 6.40. The van der Waals surface area contributed by atoms with Crippen molar-refractivity contribution >= 4 is 0 Å².